The van der Waals surface area contributed by atoms with E-state index in [0.717, 1.165) is 23.4 Å². The molecule has 2 aromatic heterocycles. The summed E-state index contributed by atoms with van der Waals surface area (Å²) in [5, 5.41) is 0. The van der Waals surface area contributed by atoms with Gasteiger partial charge in [-0.1, -0.05) is 36.4 Å². The average molecular weight is 468 g/mol. The monoisotopic (exact) mass is 468 g/mol. The van der Waals surface area contributed by atoms with Crippen LogP contribution in [0.1, 0.15) is 37.2 Å². The van der Waals surface area contributed by atoms with Crippen molar-refractivity contribution in [2.75, 3.05) is 0 Å². The number of rotatable bonds is 8. The lowest BCUT2D eigenvalue weighted by Gasteiger charge is -2.09. The lowest BCUT2D eigenvalue weighted by Crippen LogP contribution is -2.05. The Morgan fingerprint density at radius 2 is 1.79 bits per heavy atom. The maximum atomic E-state index is 12.8. The summed E-state index contributed by atoms with van der Waals surface area (Å²) in [6.45, 7) is -0.0309. The summed E-state index contributed by atoms with van der Waals surface area (Å²) in [6.07, 6.45) is -0.656. The molecule has 0 saturated heterocycles. The maximum absolute atomic E-state index is 12.8. The molecule has 0 unspecified atom stereocenters. The first-order chi connectivity index (χ1) is 15.9. The number of alkyl halides is 3. The molecule has 0 aliphatic carbocycles. The predicted octanol–water partition coefficient (Wildman–Crippen LogP) is 7.43. The van der Waals surface area contributed by atoms with Crippen molar-refractivity contribution in [2.45, 2.75) is 19.2 Å². The minimum Gasteiger partial charge on any atom is -0.486 e. The molecule has 33 heavy (non-hydrogen) atoms. The van der Waals surface area contributed by atoms with Crippen LogP contribution in [0.25, 0.3) is 6.08 Å². The Hall–Kier alpha value is -3.58. The van der Waals surface area contributed by atoms with Gasteiger partial charge in [-0.15, -0.1) is 11.3 Å². The second-order valence-corrected chi connectivity index (χ2v) is 8.41. The molecule has 168 valence electrons. The molecule has 0 saturated carbocycles. The summed E-state index contributed by atoms with van der Waals surface area (Å²) in [6, 6.07) is 21.8. The highest BCUT2D eigenvalue weighted by molar-refractivity contribution is 7.14. The molecule has 2 aromatic carbocycles. The highest BCUT2D eigenvalue weighted by Crippen LogP contribution is 2.31. The average Bonchev–Trinajstić information content (AvgIpc) is 3.46. The van der Waals surface area contributed by atoms with E-state index in [0.29, 0.717) is 16.4 Å². The molecule has 0 amide bonds. The molecule has 7 heteroatoms. The number of hydrogen-bond donors (Lipinski definition) is 0. The van der Waals surface area contributed by atoms with Gasteiger partial charge in [-0.05, 0) is 60.2 Å². The molecule has 0 fully saturated rings. The van der Waals surface area contributed by atoms with Gasteiger partial charge in [-0.2, -0.15) is 13.2 Å². The van der Waals surface area contributed by atoms with Gasteiger partial charge < -0.3 is 9.15 Å². The molecule has 2 heterocycles. The number of ketones is 1. The van der Waals surface area contributed by atoms with Gasteiger partial charge in [-0.3, -0.25) is 4.79 Å². The molecule has 0 radical (unpaired) electrons. The van der Waals surface area contributed by atoms with E-state index in [-0.39, 0.29) is 18.1 Å². The van der Waals surface area contributed by atoms with Crippen molar-refractivity contribution in [2.24, 2.45) is 0 Å². The summed E-state index contributed by atoms with van der Waals surface area (Å²) >= 11 is 1.45. The van der Waals surface area contributed by atoms with Gasteiger partial charge in [-0.25, -0.2) is 0 Å². The van der Waals surface area contributed by atoms with Crippen molar-refractivity contribution in [3.8, 4) is 5.75 Å². The van der Waals surface area contributed by atoms with Gasteiger partial charge in [0.1, 0.15) is 23.9 Å². The zero-order valence-corrected chi connectivity index (χ0v) is 18.2. The van der Waals surface area contributed by atoms with Gasteiger partial charge in [0.25, 0.3) is 0 Å². The van der Waals surface area contributed by atoms with Crippen LogP contribution in [0.3, 0.4) is 0 Å². The van der Waals surface area contributed by atoms with Gasteiger partial charge in [0.15, 0.2) is 5.78 Å². The van der Waals surface area contributed by atoms with Gasteiger partial charge in [0, 0.05) is 11.3 Å². The van der Waals surface area contributed by atoms with E-state index in [1.807, 2.05) is 42.5 Å². The summed E-state index contributed by atoms with van der Waals surface area (Å²) in [7, 11) is 0. The number of thiophene rings is 1. The Morgan fingerprint density at radius 1 is 0.970 bits per heavy atom. The Bertz CT molecular complexity index is 1250. The summed E-state index contributed by atoms with van der Waals surface area (Å²) in [5.41, 5.74) is 0.409. The van der Waals surface area contributed by atoms with Gasteiger partial charge >= 0.3 is 6.18 Å². The Labute approximate surface area is 192 Å². The zero-order valence-electron chi connectivity index (χ0n) is 17.3. The van der Waals surface area contributed by atoms with Crippen LogP contribution in [0.15, 0.2) is 89.4 Å². The lowest BCUT2D eigenvalue weighted by molar-refractivity contribution is -0.137. The van der Waals surface area contributed by atoms with E-state index in [9.17, 15) is 18.0 Å². The van der Waals surface area contributed by atoms with Crippen LogP contribution in [-0.4, -0.2) is 5.78 Å². The van der Waals surface area contributed by atoms with E-state index in [2.05, 4.69) is 0 Å². The fraction of sp³-hybridized carbons (Fsp3) is 0.115. The molecule has 0 N–H and O–H groups in total. The maximum Gasteiger partial charge on any atom is 0.416 e. The quantitative estimate of drug-likeness (QED) is 0.199. The summed E-state index contributed by atoms with van der Waals surface area (Å²) in [5.74, 6) is 0.850. The summed E-state index contributed by atoms with van der Waals surface area (Å²) < 4.78 is 49.4. The topological polar surface area (TPSA) is 39.4 Å². The lowest BCUT2D eigenvalue weighted by atomic mass is 10.1. The van der Waals surface area contributed by atoms with Crippen molar-refractivity contribution in [1.82, 2.24) is 0 Å². The van der Waals surface area contributed by atoms with Crippen LogP contribution in [0.5, 0.6) is 5.75 Å². The smallest absolute Gasteiger partial charge is 0.416 e. The SMILES string of the molecule is O=C(/C=C/c1ccc(COc2cccc(C(F)(F)F)c2)o1)c1ccc(Cc2ccccc2)s1. The molecule has 0 spiro atoms. The van der Waals surface area contributed by atoms with Crippen molar-refractivity contribution >= 4 is 23.2 Å². The highest BCUT2D eigenvalue weighted by atomic mass is 32.1. The minimum absolute atomic E-state index is 0.0309. The predicted molar refractivity (Wildman–Crippen MR) is 121 cm³/mol. The van der Waals surface area contributed by atoms with Crippen LogP contribution >= 0.6 is 11.3 Å². The fourth-order valence-electron chi connectivity index (χ4n) is 3.12. The Kier molecular flexibility index (Phi) is 6.79. The molecule has 4 rings (SSSR count). The molecular formula is C26H19F3O3S. The third-order valence-corrected chi connectivity index (χ3v) is 5.85. The van der Waals surface area contributed by atoms with E-state index in [1.54, 1.807) is 18.2 Å². The molecule has 0 bridgehead atoms. The standard InChI is InChI=1S/C26H19F3O3S/c27-26(28,29)19-7-4-8-21(16-19)31-17-22-10-9-20(32-22)11-13-24(30)25-14-12-23(33-25)15-18-5-2-1-3-6-18/h1-14,16H,15,17H2/b13-11+. The van der Waals surface area contributed by atoms with E-state index in [1.165, 1.54) is 35.1 Å². The van der Waals surface area contributed by atoms with Crippen LogP contribution in [0.4, 0.5) is 13.2 Å². The molecule has 0 atom stereocenters. The molecule has 0 aliphatic rings. The van der Waals surface area contributed by atoms with Crippen LogP contribution in [-0.2, 0) is 19.2 Å². The third-order valence-electron chi connectivity index (χ3n) is 4.75. The van der Waals surface area contributed by atoms with Crippen LogP contribution in [0, 0.1) is 0 Å². The number of carbonyl (C=O) groups is 1. The first kappa shape index (κ1) is 22.6. The second kappa shape index (κ2) is 9.92. The molecule has 3 nitrogen and oxygen atoms in total. The number of hydrogen-bond acceptors (Lipinski definition) is 4. The largest absolute Gasteiger partial charge is 0.486 e. The number of furan rings is 1. The minimum atomic E-state index is -4.43. The van der Waals surface area contributed by atoms with Crippen molar-refractivity contribution in [3.63, 3.8) is 0 Å². The highest BCUT2D eigenvalue weighted by Gasteiger charge is 2.30. The van der Waals surface area contributed by atoms with Gasteiger partial charge in [0.2, 0.25) is 0 Å². The number of ether oxygens (including phenoxy) is 1. The van der Waals surface area contributed by atoms with Crippen molar-refractivity contribution in [3.05, 3.63) is 117 Å². The number of allylic oxidation sites excluding steroid dienone is 1. The van der Waals surface area contributed by atoms with E-state index >= 15 is 0 Å². The number of halogens is 3. The second-order valence-electron chi connectivity index (χ2n) is 7.24. The van der Waals surface area contributed by atoms with Gasteiger partial charge in [0.05, 0.1) is 10.4 Å². The number of carbonyl (C=O) groups excluding carboxylic acids is 1. The van der Waals surface area contributed by atoms with E-state index < -0.39 is 11.7 Å². The van der Waals surface area contributed by atoms with Crippen LogP contribution < -0.4 is 4.74 Å². The fourth-order valence-corrected chi connectivity index (χ4v) is 4.08. The molecular weight excluding hydrogens is 449 g/mol. The Morgan fingerprint density at radius 3 is 2.58 bits per heavy atom. The van der Waals surface area contributed by atoms with Crippen molar-refractivity contribution < 1.29 is 27.1 Å². The van der Waals surface area contributed by atoms with Crippen LogP contribution in [0.2, 0.25) is 0 Å². The Balaban J connectivity index is 1.33. The first-order valence-corrected chi connectivity index (χ1v) is 10.9. The third kappa shape index (κ3) is 6.23. The molecule has 4 aromatic rings. The normalized spacial score (nSPS) is 11.7. The van der Waals surface area contributed by atoms with Crippen molar-refractivity contribution in [1.29, 1.82) is 0 Å². The zero-order chi connectivity index (χ0) is 23.3. The van der Waals surface area contributed by atoms with E-state index in [4.69, 9.17) is 9.15 Å². The summed E-state index contributed by atoms with van der Waals surface area (Å²) in [4.78, 5) is 14.2. The first-order valence-electron chi connectivity index (χ1n) is 10.1. The molecule has 0 aliphatic heterocycles. The number of benzene rings is 2.